The molecule has 1 unspecified atom stereocenters. The minimum Gasteiger partial charge on any atom is -0.379 e. The van der Waals surface area contributed by atoms with Crippen molar-refractivity contribution in [2.75, 3.05) is 7.11 Å². The average Bonchev–Trinajstić information content (AvgIpc) is 1.99. The summed E-state index contributed by atoms with van der Waals surface area (Å²) in [7, 11) is -4.15. The quantitative estimate of drug-likeness (QED) is 0.563. The van der Waals surface area contributed by atoms with Gasteiger partial charge in [-0.1, -0.05) is 0 Å². The van der Waals surface area contributed by atoms with Crippen molar-refractivity contribution in [2.24, 2.45) is 0 Å². The number of rotatable bonds is 5. The first kappa shape index (κ1) is 15.7. The van der Waals surface area contributed by atoms with E-state index in [1.165, 1.54) is 14.0 Å². The lowest BCUT2D eigenvalue weighted by Crippen LogP contribution is -2.34. The summed E-state index contributed by atoms with van der Waals surface area (Å²) in [6.45, 7) is 4.48. The van der Waals surface area contributed by atoms with Crippen LogP contribution in [-0.4, -0.2) is 32.7 Å². The molecule has 0 saturated heterocycles. The second-order valence-corrected chi connectivity index (χ2v) is 5.54. The summed E-state index contributed by atoms with van der Waals surface area (Å²) in [5.74, 6) is 0. The van der Waals surface area contributed by atoms with Crippen molar-refractivity contribution in [3.63, 3.8) is 0 Å². The lowest BCUT2D eigenvalue weighted by Gasteiger charge is -2.26. The Morgan fingerprint density at radius 1 is 1.25 bits per heavy atom. The molecule has 0 fully saturated rings. The molecule has 0 rings (SSSR count). The zero-order chi connectivity index (χ0) is 13.2. The summed E-state index contributed by atoms with van der Waals surface area (Å²) in [5.41, 5.74) is -6.14. The molecule has 0 aromatic heterocycles. The van der Waals surface area contributed by atoms with Gasteiger partial charge in [0, 0.05) is 13.5 Å². The number of hydrogen-bond acceptors (Lipinski definition) is 4. The van der Waals surface area contributed by atoms with Gasteiger partial charge in [0.25, 0.3) is 0 Å². The number of ether oxygens (including phenoxy) is 1. The molecule has 0 saturated carbocycles. The van der Waals surface area contributed by atoms with Gasteiger partial charge < -0.3 is 4.74 Å². The van der Waals surface area contributed by atoms with Crippen molar-refractivity contribution >= 4 is 10.1 Å². The van der Waals surface area contributed by atoms with Gasteiger partial charge in [0.15, 0.2) is 0 Å². The molecule has 8 heteroatoms. The summed E-state index contributed by atoms with van der Waals surface area (Å²) >= 11 is 0. The first-order chi connectivity index (χ1) is 6.91. The SMILES string of the molecule is COC(C)(C)CC(C)OS(=O)(=O)C(F)(F)F. The summed E-state index contributed by atoms with van der Waals surface area (Å²) in [6, 6.07) is 0. The normalized spacial score (nSPS) is 16.2. The van der Waals surface area contributed by atoms with Crippen molar-refractivity contribution in [1.82, 2.24) is 0 Å². The van der Waals surface area contributed by atoms with E-state index in [0.717, 1.165) is 0 Å². The van der Waals surface area contributed by atoms with Gasteiger partial charge in [0.05, 0.1) is 11.7 Å². The van der Waals surface area contributed by atoms with E-state index >= 15 is 0 Å². The standard InChI is InChI=1S/C8H15F3O4S/c1-6(5-7(2,3)14-4)15-16(12,13)8(9,10)11/h6H,5H2,1-4H3. The maximum absolute atomic E-state index is 12.0. The molecule has 0 aromatic rings. The van der Waals surface area contributed by atoms with Crippen LogP contribution in [0.1, 0.15) is 27.2 Å². The van der Waals surface area contributed by atoms with E-state index < -0.39 is 27.3 Å². The Balaban J connectivity index is 4.54. The van der Waals surface area contributed by atoms with E-state index in [1.54, 1.807) is 13.8 Å². The largest absolute Gasteiger partial charge is 0.523 e. The Morgan fingerprint density at radius 2 is 1.69 bits per heavy atom. The molecule has 0 radical (unpaired) electrons. The molecule has 0 aliphatic carbocycles. The number of hydrogen-bond donors (Lipinski definition) is 0. The maximum atomic E-state index is 12.0. The third-order valence-electron chi connectivity index (χ3n) is 1.91. The van der Waals surface area contributed by atoms with Crippen LogP contribution in [0, 0.1) is 0 Å². The fraction of sp³-hybridized carbons (Fsp3) is 1.00. The summed E-state index contributed by atoms with van der Waals surface area (Å²) in [4.78, 5) is 0. The van der Waals surface area contributed by atoms with E-state index in [1.807, 2.05) is 0 Å². The van der Waals surface area contributed by atoms with E-state index in [-0.39, 0.29) is 6.42 Å². The van der Waals surface area contributed by atoms with Crippen molar-refractivity contribution in [3.8, 4) is 0 Å². The van der Waals surface area contributed by atoms with Crippen molar-refractivity contribution in [1.29, 1.82) is 0 Å². The van der Waals surface area contributed by atoms with Crippen LogP contribution in [-0.2, 0) is 19.0 Å². The molecule has 0 amide bonds. The fourth-order valence-corrected chi connectivity index (χ4v) is 1.69. The van der Waals surface area contributed by atoms with Crippen LogP contribution in [0.3, 0.4) is 0 Å². The van der Waals surface area contributed by atoms with Gasteiger partial charge in [-0.15, -0.1) is 0 Å². The minimum atomic E-state index is -5.53. The number of methoxy groups -OCH3 is 1. The molecular weight excluding hydrogens is 249 g/mol. The zero-order valence-corrected chi connectivity index (χ0v) is 10.3. The van der Waals surface area contributed by atoms with Gasteiger partial charge in [0.1, 0.15) is 0 Å². The average molecular weight is 264 g/mol. The van der Waals surface area contributed by atoms with Crippen LogP contribution in [0.5, 0.6) is 0 Å². The molecule has 0 N–H and O–H groups in total. The highest BCUT2D eigenvalue weighted by molar-refractivity contribution is 7.87. The second-order valence-electron chi connectivity index (χ2n) is 3.97. The van der Waals surface area contributed by atoms with Crippen molar-refractivity contribution in [3.05, 3.63) is 0 Å². The molecule has 0 spiro atoms. The molecule has 98 valence electrons. The maximum Gasteiger partial charge on any atom is 0.523 e. The van der Waals surface area contributed by atoms with E-state index in [2.05, 4.69) is 4.18 Å². The smallest absolute Gasteiger partial charge is 0.379 e. The molecular formula is C8H15F3O4S. The highest BCUT2D eigenvalue weighted by Gasteiger charge is 2.48. The van der Waals surface area contributed by atoms with E-state index in [9.17, 15) is 21.6 Å². The Morgan fingerprint density at radius 3 is 2.00 bits per heavy atom. The minimum absolute atomic E-state index is 0.0266. The van der Waals surface area contributed by atoms with Gasteiger partial charge in [0.2, 0.25) is 0 Å². The Bertz CT molecular complexity index is 321. The van der Waals surface area contributed by atoms with E-state index in [0.29, 0.717) is 0 Å². The molecule has 0 aliphatic rings. The lowest BCUT2D eigenvalue weighted by atomic mass is 10.0. The third-order valence-corrected chi connectivity index (χ3v) is 3.05. The zero-order valence-electron chi connectivity index (χ0n) is 9.46. The Hall–Kier alpha value is -0.340. The van der Waals surface area contributed by atoms with Gasteiger partial charge in [-0.05, 0) is 20.8 Å². The van der Waals surface area contributed by atoms with E-state index in [4.69, 9.17) is 4.74 Å². The summed E-state index contributed by atoms with van der Waals surface area (Å²) in [6.07, 6.45) is -1.08. The van der Waals surface area contributed by atoms with Crippen LogP contribution in [0.25, 0.3) is 0 Å². The lowest BCUT2D eigenvalue weighted by molar-refractivity contribution is -0.0619. The second kappa shape index (κ2) is 4.89. The molecule has 0 aliphatic heterocycles. The van der Waals surface area contributed by atoms with Gasteiger partial charge >= 0.3 is 15.6 Å². The first-order valence-electron chi connectivity index (χ1n) is 4.46. The molecule has 1 atom stereocenters. The number of alkyl halides is 3. The van der Waals surface area contributed by atoms with Crippen LogP contribution >= 0.6 is 0 Å². The predicted octanol–water partition coefficient (Wildman–Crippen LogP) is 2.06. The highest BCUT2D eigenvalue weighted by Crippen LogP contribution is 2.27. The van der Waals surface area contributed by atoms with Crippen LogP contribution in [0.2, 0.25) is 0 Å². The fourth-order valence-electron chi connectivity index (χ4n) is 1.08. The third kappa shape index (κ3) is 4.67. The molecule has 0 heterocycles. The Labute approximate surface area is 92.9 Å². The molecule has 16 heavy (non-hydrogen) atoms. The first-order valence-corrected chi connectivity index (χ1v) is 5.87. The topological polar surface area (TPSA) is 52.6 Å². The molecule has 4 nitrogen and oxygen atoms in total. The summed E-state index contributed by atoms with van der Waals surface area (Å²) in [5, 5.41) is 0. The van der Waals surface area contributed by atoms with Gasteiger partial charge in [-0.3, -0.25) is 4.18 Å². The Kier molecular flexibility index (Phi) is 4.78. The summed E-state index contributed by atoms with van der Waals surface area (Å²) < 4.78 is 66.1. The van der Waals surface area contributed by atoms with Crippen LogP contribution in [0.15, 0.2) is 0 Å². The van der Waals surface area contributed by atoms with Gasteiger partial charge in [-0.2, -0.15) is 21.6 Å². The van der Waals surface area contributed by atoms with Crippen molar-refractivity contribution in [2.45, 2.75) is 44.4 Å². The predicted molar refractivity (Wildman–Crippen MR) is 51.2 cm³/mol. The highest BCUT2D eigenvalue weighted by atomic mass is 32.2. The molecule has 0 aromatic carbocycles. The van der Waals surface area contributed by atoms with Crippen LogP contribution < -0.4 is 0 Å². The van der Waals surface area contributed by atoms with Crippen molar-refractivity contribution < 1.29 is 30.5 Å². The molecule has 0 bridgehead atoms. The monoisotopic (exact) mass is 264 g/mol. The number of halogens is 3. The van der Waals surface area contributed by atoms with Gasteiger partial charge in [-0.25, -0.2) is 0 Å². The van der Waals surface area contributed by atoms with Crippen LogP contribution in [0.4, 0.5) is 13.2 Å².